The summed E-state index contributed by atoms with van der Waals surface area (Å²) in [7, 11) is 0. The zero-order chi connectivity index (χ0) is 9.84. The highest BCUT2D eigenvalue weighted by Crippen LogP contribution is 2.32. The second kappa shape index (κ2) is 4.58. The molecular formula is C9H11Cl2NO. The zero-order valence-corrected chi connectivity index (χ0v) is 8.82. The molecular weight excluding hydrogens is 209 g/mol. The second-order valence-corrected chi connectivity index (χ2v) is 3.46. The van der Waals surface area contributed by atoms with E-state index >= 15 is 0 Å². The van der Waals surface area contributed by atoms with Gasteiger partial charge in [-0.15, -0.1) is 0 Å². The maximum absolute atomic E-state index is 5.81. The predicted octanol–water partition coefficient (Wildman–Crippen LogP) is 3.36. The number of nitrogens with two attached hydrogens (primary N) is 1. The molecule has 0 fully saturated rings. The van der Waals surface area contributed by atoms with E-state index in [4.69, 9.17) is 33.7 Å². The molecule has 0 atom stereocenters. The number of rotatable bonds is 3. The van der Waals surface area contributed by atoms with Crippen LogP contribution in [0, 0.1) is 0 Å². The Balaban J connectivity index is 2.86. The van der Waals surface area contributed by atoms with Crippen LogP contribution in [0.2, 0.25) is 10.0 Å². The SMILES string of the molecule is CCCOc1cc(Cl)c(N)c(Cl)c1. The first kappa shape index (κ1) is 10.5. The van der Waals surface area contributed by atoms with Crippen molar-refractivity contribution in [2.45, 2.75) is 13.3 Å². The Morgan fingerprint density at radius 2 is 1.85 bits per heavy atom. The van der Waals surface area contributed by atoms with Gasteiger partial charge < -0.3 is 10.5 Å². The summed E-state index contributed by atoms with van der Waals surface area (Å²) in [6.45, 7) is 2.68. The summed E-state index contributed by atoms with van der Waals surface area (Å²) in [5.74, 6) is 0.658. The quantitative estimate of drug-likeness (QED) is 0.792. The fourth-order valence-electron chi connectivity index (χ4n) is 0.864. The summed E-state index contributed by atoms with van der Waals surface area (Å²) in [4.78, 5) is 0. The van der Waals surface area contributed by atoms with Crippen LogP contribution in [0.3, 0.4) is 0 Å². The lowest BCUT2D eigenvalue weighted by molar-refractivity contribution is 0.317. The molecule has 1 aromatic rings. The van der Waals surface area contributed by atoms with Crippen LogP contribution in [0.1, 0.15) is 13.3 Å². The molecule has 0 spiro atoms. The van der Waals surface area contributed by atoms with Gasteiger partial charge in [-0.3, -0.25) is 0 Å². The minimum atomic E-state index is 0.396. The van der Waals surface area contributed by atoms with Crippen LogP contribution >= 0.6 is 23.2 Å². The molecule has 0 radical (unpaired) electrons. The van der Waals surface area contributed by atoms with Crippen molar-refractivity contribution in [1.29, 1.82) is 0 Å². The largest absolute Gasteiger partial charge is 0.493 e. The molecule has 72 valence electrons. The van der Waals surface area contributed by atoms with Crippen molar-refractivity contribution in [1.82, 2.24) is 0 Å². The standard InChI is InChI=1S/C9H11Cl2NO/c1-2-3-13-6-4-7(10)9(12)8(11)5-6/h4-5H,2-3,12H2,1H3. The molecule has 2 N–H and O–H groups in total. The Hall–Kier alpha value is -0.600. The lowest BCUT2D eigenvalue weighted by Crippen LogP contribution is -1.96. The van der Waals surface area contributed by atoms with Crippen LogP contribution in [-0.4, -0.2) is 6.61 Å². The van der Waals surface area contributed by atoms with E-state index in [1.807, 2.05) is 6.92 Å². The number of halogens is 2. The lowest BCUT2D eigenvalue weighted by atomic mass is 10.3. The van der Waals surface area contributed by atoms with Crippen molar-refractivity contribution in [3.05, 3.63) is 22.2 Å². The average molecular weight is 220 g/mol. The van der Waals surface area contributed by atoms with Crippen molar-refractivity contribution in [3.8, 4) is 5.75 Å². The van der Waals surface area contributed by atoms with Crippen LogP contribution < -0.4 is 10.5 Å². The van der Waals surface area contributed by atoms with E-state index in [2.05, 4.69) is 0 Å². The molecule has 1 rings (SSSR count). The minimum Gasteiger partial charge on any atom is -0.493 e. The summed E-state index contributed by atoms with van der Waals surface area (Å²) in [5, 5.41) is 0.859. The first-order valence-electron chi connectivity index (χ1n) is 4.02. The molecule has 0 unspecified atom stereocenters. The zero-order valence-electron chi connectivity index (χ0n) is 7.31. The summed E-state index contributed by atoms with van der Waals surface area (Å²) in [6.07, 6.45) is 0.944. The first-order chi connectivity index (χ1) is 6.15. The van der Waals surface area contributed by atoms with E-state index in [0.29, 0.717) is 28.1 Å². The van der Waals surface area contributed by atoms with Gasteiger partial charge >= 0.3 is 0 Å². The maximum atomic E-state index is 5.81. The van der Waals surface area contributed by atoms with Gasteiger partial charge in [0.05, 0.1) is 22.3 Å². The van der Waals surface area contributed by atoms with Crippen LogP contribution in [-0.2, 0) is 0 Å². The van der Waals surface area contributed by atoms with Crippen molar-refractivity contribution < 1.29 is 4.74 Å². The summed E-state index contributed by atoms with van der Waals surface area (Å²) < 4.78 is 5.35. The fourth-order valence-corrected chi connectivity index (χ4v) is 1.33. The van der Waals surface area contributed by atoms with E-state index in [-0.39, 0.29) is 0 Å². The van der Waals surface area contributed by atoms with E-state index < -0.39 is 0 Å². The van der Waals surface area contributed by atoms with E-state index in [0.717, 1.165) is 6.42 Å². The number of hydrogen-bond acceptors (Lipinski definition) is 2. The molecule has 1 aromatic carbocycles. The van der Waals surface area contributed by atoms with Gasteiger partial charge in [0.15, 0.2) is 0 Å². The molecule has 0 aliphatic heterocycles. The molecule has 0 heterocycles. The van der Waals surface area contributed by atoms with Crippen molar-refractivity contribution in [2.24, 2.45) is 0 Å². The van der Waals surface area contributed by atoms with E-state index in [1.165, 1.54) is 0 Å². The molecule has 0 bridgehead atoms. The van der Waals surface area contributed by atoms with Gasteiger partial charge in [-0.2, -0.15) is 0 Å². The highest BCUT2D eigenvalue weighted by atomic mass is 35.5. The van der Waals surface area contributed by atoms with Crippen LogP contribution in [0.15, 0.2) is 12.1 Å². The van der Waals surface area contributed by atoms with Gasteiger partial charge in [0.1, 0.15) is 5.75 Å². The second-order valence-electron chi connectivity index (χ2n) is 2.65. The Kier molecular flexibility index (Phi) is 3.70. The Morgan fingerprint density at radius 3 is 2.31 bits per heavy atom. The number of nitrogen functional groups attached to an aromatic ring is 1. The molecule has 13 heavy (non-hydrogen) atoms. The van der Waals surface area contributed by atoms with Crippen LogP contribution in [0.4, 0.5) is 5.69 Å². The monoisotopic (exact) mass is 219 g/mol. The summed E-state index contributed by atoms with van der Waals surface area (Å²) in [6, 6.07) is 3.33. The Morgan fingerprint density at radius 1 is 1.31 bits per heavy atom. The minimum absolute atomic E-state index is 0.396. The number of ether oxygens (including phenoxy) is 1. The van der Waals surface area contributed by atoms with Crippen molar-refractivity contribution in [2.75, 3.05) is 12.3 Å². The molecule has 2 nitrogen and oxygen atoms in total. The van der Waals surface area contributed by atoms with Crippen LogP contribution in [0.25, 0.3) is 0 Å². The van der Waals surface area contributed by atoms with E-state index in [9.17, 15) is 0 Å². The molecule has 0 aromatic heterocycles. The first-order valence-corrected chi connectivity index (χ1v) is 4.78. The van der Waals surface area contributed by atoms with Crippen molar-refractivity contribution in [3.63, 3.8) is 0 Å². The number of anilines is 1. The van der Waals surface area contributed by atoms with E-state index in [1.54, 1.807) is 12.1 Å². The van der Waals surface area contributed by atoms with Gasteiger partial charge in [-0.05, 0) is 6.42 Å². The molecule has 0 saturated heterocycles. The Labute approximate surface area is 87.6 Å². The highest BCUT2D eigenvalue weighted by Gasteiger charge is 2.04. The predicted molar refractivity (Wildman–Crippen MR) is 56.7 cm³/mol. The van der Waals surface area contributed by atoms with Crippen molar-refractivity contribution >= 4 is 28.9 Å². The number of hydrogen-bond donors (Lipinski definition) is 1. The maximum Gasteiger partial charge on any atom is 0.122 e. The van der Waals surface area contributed by atoms with Gasteiger partial charge in [0, 0.05) is 12.1 Å². The molecule has 0 amide bonds. The smallest absolute Gasteiger partial charge is 0.122 e. The normalized spacial score (nSPS) is 10.1. The third-order valence-corrected chi connectivity index (χ3v) is 2.15. The summed E-state index contributed by atoms with van der Waals surface area (Å²) >= 11 is 11.6. The topological polar surface area (TPSA) is 35.2 Å². The van der Waals surface area contributed by atoms with Gasteiger partial charge in [0.25, 0.3) is 0 Å². The fraction of sp³-hybridized carbons (Fsp3) is 0.333. The third kappa shape index (κ3) is 2.68. The molecule has 0 aliphatic rings. The molecule has 4 heteroatoms. The Bertz CT molecular complexity index is 279. The third-order valence-electron chi connectivity index (χ3n) is 1.53. The number of benzene rings is 1. The van der Waals surface area contributed by atoms with Gasteiger partial charge in [-0.1, -0.05) is 30.1 Å². The lowest BCUT2D eigenvalue weighted by Gasteiger charge is -2.07. The van der Waals surface area contributed by atoms with Gasteiger partial charge in [-0.25, -0.2) is 0 Å². The highest BCUT2D eigenvalue weighted by molar-refractivity contribution is 6.39. The molecule has 0 aliphatic carbocycles. The summed E-state index contributed by atoms with van der Waals surface area (Å²) in [5.41, 5.74) is 5.96. The average Bonchev–Trinajstić information content (AvgIpc) is 2.10. The van der Waals surface area contributed by atoms with Gasteiger partial charge in [0.2, 0.25) is 0 Å². The molecule has 0 saturated carbocycles. The van der Waals surface area contributed by atoms with Crippen LogP contribution in [0.5, 0.6) is 5.75 Å².